The van der Waals surface area contributed by atoms with Gasteiger partial charge in [0.05, 0.1) is 0 Å². The van der Waals surface area contributed by atoms with Crippen LogP contribution in [-0.2, 0) is 0 Å². The predicted octanol–water partition coefficient (Wildman–Crippen LogP) is 3.03. The molecule has 0 amide bonds. The maximum absolute atomic E-state index is 3.84. The van der Waals surface area contributed by atoms with E-state index in [2.05, 4.69) is 24.1 Å². The molecule has 3 atom stereocenters. The number of hydrogen-bond acceptors (Lipinski definition) is 2. The Kier molecular flexibility index (Phi) is 5.30. The molecule has 0 spiro atoms. The molecular weight excluding hydrogens is 208 g/mol. The lowest BCUT2D eigenvalue weighted by Gasteiger charge is -2.33. The molecule has 1 aliphatic heterocycles. The van der Waals surface area contributed by atoms with Gasteiger partial charge in [0.25, 0.3) is 0 Å². The fourth-order valence-electron chi connectivity index (χ4n) is 3.60. The van der Waals surface area contributed by atoms with E-state index in [1.165, 1.54) is 64.6 Å². The molecule has 1 heterocycles. The molecule has 2 aliphatic rings. The Morgan fingerprint density at radius 1 is 1.12 bits per heavy atom. The first kappa shape index (κ1) is 13.4. The molecule has 2 fully saturated rings. The van der Waals surface area contributed by atoms with Crippen LogP contribution in [0.25, 0.3) is 0 Å². The first-order valence-electron chi connectivity index (χ1n) is 7.78. The molecule has 0 bridgehead atoms. The topological polar surface area (TPSA) is 15.3 Å². The van der Waals surface area contributed by atoms with Crippen molar-refractivity contribution in [3.63, 3.8) is 0 Å². The van der Waals surface area contributed by atoms with Gasteiger partial charge in [-0.2, -0.15) is 0 Å². The van der Waals surface area contributed by atoms with Gasteiger partial charge in [-0.05, 0) is 51.6 Å². The van der Waals surface area contributed by atoms with Crippen LogP contribution in [-0.4, -0.2) is 36.6 Å². The van der Waals surface area contributed by atoms with Crippen molar-refractivity contribution < 1.29 is 0 Å². The van der Waals surface area contributed by atoms with Crippen molar-refractivity contribution in [1.29, 1.82) is 0 Å². The Balaban J connectivity index is 1.69. The van der Waals surface area contributed by atoms with Gasteiger partial charge in [-0.3, -0.25) is 4.90 Å². The van der Waals surface area contributed by atoms with Crippen molar-refractivity contribution in [3.05, 3.63) is 0 Å². The van der Waals surface area contributed by atoms with Gasteiger partial charge < -0.3 is 5.32 Å². The van der Waals surface area contributed by atoms with Crippen LogP contribution in [0.15, 0.2) is 0 Å². The second-order valence-corrected chi connectivity index (χ2v) is 6.06. The normalized spacial score (nSPS) is 32.8. The molecule has 0 aromatic carbocycles. The van der Waals surface area contributed by atoms with Gasteiger partial charge in [-0.1, -0.05) is 26.2 Å². The molecule has 2 nitrogen and oxygen atoms in total. The number of nitrogens with one attached hydrogen (secondary N) is 1. The summed E-state index contributed by atoms with van der Waals surface area (Å²) >= 11 is 0. The summed E-state index contributed by atoms with van der Waals surface area (Å²) in [6.45, 7) is 8.59. The third kappa shape index (κ3) is 3.69. The quantitative estimate of drug-likeness (QED) is 0.792. The highest BCUT2D eigenvalue weighted by Gasteiger charge is 2.26. The summed E-state index contributed by atoms with van der Waals surface area (Å²) in [4.78, 5) is 2.67. The first-order valence-corrected chi connectivity index (χ1v) is 7.78. The van der Waals surface area contributed by atoms with E-state index in [1.807, 2.05) is 0 Å². The molecule has 2 rings (SSSR count). The predicted molar refractivity (Wildman–Crippen MR) is 74.3 cm³/mol. The lowest BCUT2D eigenvalue weighted by molar-refractivity contribution is 0.165. The van der Waals surface area contributed by atoms with Crippen molar-refractivity contribution in [1.82, 2.24) is 10.2 Å². The highest BCUT2D eigenvalue weighted by molar-refractivity contribution is 4.84. The number of hydrogen-bond donors (Lipinski definition) is 1. The van der Waals surface area contributed by atoms with Gasteiger partial charge in [0, 0.05) is 18.6 Å². The zero-order valence-corrected chi connectivity index (χ0v) is 11.8. The molecule has 1 N–H and O–H groups in total. The molecule has 1 saturated carbocycles. The minimum Gasteiger partial charge on any atom is -0.312 e. The minimum absolute atomic E-state index is 0.730. The van der Waals surface area contributed by atoms with Crippen molar-refractivity contribution in [2.45, 2.75) is 70.9 Å². The van der Waals surface area contributed by atoms with Crippen LogP contribution in [0.4, 0.5) is 0 Å². The zero-order chi connectivity index (χ0) is 12.1. The fourth-order valence-corrected chi connectivity index (χ4v) is 3.60. The fraction of sp³-hybridized carbons (Fsp3) is 1.00. The van der Waals surface area contributed by atoms with Crippen LogP contribution in [0.3, 0.4) is 0 Å². The van der Waals surface area contributed by atoms with Gasteiger partial charge in [-0.15, -0.1) is 0 Å². The van der Waals surface area contributed by atoms with Crippen molar-refractivity contribution in [3.8, 4) is 0 Å². The number of piperidine rings is 1. The van der Waals surface area contributed by atoms with E-state index in [-0.39, 0.29) is 0 Å². The number of nitrogens with zero attached hydrogens (tertiary/aromatic N) is 1. The lowest BCUT2D eigenvalue weighted by atomic mass is 10.0. The molecule has 2 heteroatoms. The van der Waals surface area contributed by atoms with Gasteiger partial charge in [0.1, 0.15) is 0 Å². The molecule has 17 heavy (non-hydrogen) atoms. The average molecular weight is 238 g/mol. The molecule has 1 aliphatic carbocycles. The zero-order valence-electron chi connectivity index (χ0n) is 11.8. The number of likely N-dealkylation sites (tertiary alicyclic amines) is 1. The van der Waals surface area contributed by atoms with E-state index >= 15 is 0 Å². The molecule has 0 aromatic rings. The molecular formula is C15H30N2. The summed E-state index contributed by atoms with van der Waals surface area (Å²) in [5.74, 6) is 0.948. The van der Waals surface area contributed by atoms with Crippen LogP contribution >= 0.6 is 0 Å². The first-order chi connectivity index (χ1) is 8.31. The van der Waals surface area contributed by atoms with Crippen LogP contribution in [0.2, 0.25) is 0 Å². The minimum atomic E-state index is 0.730. The summed E-state index contributed by atoms with van der Waals surface area (Å²) in [6, 6.07) is 1.54. The van der Waals surface area contributed by atoms with E-state index in [9.17, 15) is 0 Å². The van der Waals surface area contributed by atoms with Gasteiger partial charge in [0.2, 0.25) is 0 Å². The third-order valence-electron chi connectivity index (χ3n) is 4.87. The van der Waals surface area contributed by atoms with Gasteiger partial charge in [-0.25, -0.2) is 0 Å². The Hall–Kier alpha value is -0.0800. The summed E-state index contributed by atoms with van der Waals surface area (Å²) < 4.78 is 0. The molecule has 0 aromatic heterocycles. The summed E-state index contributed by atoms with van der Waals surface area (Å²) in [5.41, 5.74) is 0. The van der Waals surface area contributed by atoms with E-state index in [1.54, 1.807) is 0 Å². The largest absolute Gasteiger partial charge is 0.312 e. The second kappa shape index (κ2) is 6.75. The monoisotopic (exact) mass is 238 g/mol. The second-order valence-electron chi connectivity index (χ2n) is 6.06. The Morgan fingerprint density at radius 3 is 2.59 bits per heavy atom. The maximum atomic E-state index is 3.84. The van der Waals surface area contributed by atoms with Gasteiger partial charge in [0.15, 0.2) is 0 Å². The van der Waals surface area contributed by atoms with E-state index in [4.69, 9.17) is 0 Å². The van der Waals surface area contributed by atoms with Crippen molar-refractivity contribution in [2.75, 3.05) is 19.6 Å². The van der Waals surface area contributed by atoms with Crippen LogP contribution < -0.4 is 5.32 Å². The standard InChI is InChI=1S/C15H30N2/c1-3-14-8-7-9-15(14)16-12-13(2)17-10-5-4-6-11-17/h13-16H,3-12H2,1-2H3. The third-order valence-corrected chi connectivity index (χ3v) is 4.87. The Labute approximate surface area is 107 Å². The Bertz CT molecular complexity index is 211. The van der Waals surface area contributed by atoms with Crippen LogP contribution in [0, 0.1) is 5.92 Å². The lowest BCUT2D eigenvalue weighted by Crippen LogP contribution is -2.46. The highest BCUT2D eigenvalue weighted by atomic mass is 15.2. The average Bonchev–Trinajstić information content (AvgIpc) is 2.84. The summed E-state index contributed by atoms with van der Waals surface area (Å²) in [7, 11) is 0. The molecule has 1 saturated heterocycles. The summed E-state index contributed by atoms with van der Waals surface area (Å²) in [5, 5.41) is 3.84. The maximum Gasteiger partial charge on any atom is 0.0192 e. The van der Waals surface area contributed by atoms with Gasteiger partial charge >= 0.3 is 0 Å². The highest BCUT2D eigenvalue weighted by Crippen LogP contribution is 2.28. The molecule has 0 radical (unpaired) electrons. The van der Waals surface area contributed by atoms with Crippen LogP contribution in [0.5, 0.6) is 0 Å². The molecule has 3 unspecified atom stereocenters. The van der Waals surface area contributed by atoms with Crippen molar-refractivity contribution >= 4 is 0 Å². The van der Waals surface area contributed by atoms with E-state index in [0.29, 0.717) is 0 Å². The van der Waals surface area contributed by atoms with E-state index < -0.39 is 0 Å². The Morgan fingerprint density at radius 2 is 1.88 bits per heavy atom. The van der Waals surface area contributed by atoms with E-state index in [0.717, 1.165) is 18.0 Å². The number of rotatable bonds is 5. The SMILES string of the molecule is CCC1CCCC1NCC(C)N1CCCCC1. The molecule has 100 valence electrons. The van der Waals surface area contributed by atoms with Crippen LogP contribution in [0.1, 0.15) is 58.8 Å². The van der Waals surface area contributed by atoms with Crippen molar-refractivity contribution in [2.24, 2.45) is 5.92 Å². The smallest absolute Gasteiger partial charge is 0.0192 e. The summed E-state index contributed by atoms with van der Waals surface area (Å²) in [6.07, 6.45) is 9.91.